The van der Waals surface area contributed by atoms with Crippen LogP contribution < -0.4 is 0 Å². The first kappa shape index (κ1) is 16.4. The van der Waals surface area contributed by atoms with Crippen LogP contribution in [-0.4, -0.2) is 60.3 Å². The summed E-state index contributed by atoms with van der Waals surface area (Å²) in [5, 5.41) is 9.27. The average molecular weight is 397 g/mol. The Kier molecular flexibility index (Phi) is 4.71. The van der Waals surface area contributed by atoms with E-state index in [9.17, 15) is 23.1 Å². The van der Waals surface area contributed by atoms with Crippen LogP contribution in [-0.2, 0) is 19.6 Å². The lowest BCUT2D eigenvalue weighted by Gasteiger charge is -2.37. The fourth-order valence-corrected chi connectivity index (χ4v) is 5.80. The van der Waals surface area contributed by atoms with E-state index in [1.54, 1.807) is 6.07 Å². The maximum atomic E-state index is 12.5. The molecule has 0 aromatic carbocycles. The SMILES string of the molecule is CC(=O)N1CCN(S(=O)(=O)c2ccc(Br)s2)C(C(=O)O)C1. The van der Waals surface area contributed by atoms with Crippen molar-refractivity contribution < 1.29 is 23.1 Å². The lowest BCUT2D eigenvalue weighted by molar-refractivity contribution is -0.145. The number of piperazine rings is 1. The molecule has 1 aromatic rings. The molecule has 1 atom stereocenters. The van der Waals surface area contributed by atoms with E-state index in [1.165, 1.54) is 17.9 Å². The van der Waals surface area contributed by atoms with Gasteiger partial charge in [0.1, 0.15) is 10.3 Å². The Bertz CT molecular complexity index is 672. The van der Waals surface area contributed by atoms with Crippen molar-refractivity contribution in [1.82, 2.24) is 9.21 Å². The van der Waals surface area contributed by atoms with Gasteiger partial charge in [0.2, 0.25) is 5.91 Å². The van der Waals surface area contributed by atoms with Crippen LogP contribution in [0.1, 0.15) is 6.92 Å². The summed E-state index contributed by atoms with van der Waals surface area (Å²) in [5.41, 5.74) is 0. The molecule has 2 rings (SSSR count). The number of rotatable bonds is 3. The average Bonchev–Trinajstić information content (AvgIpc) is 2.85. The summed E-state index contributed by atoms with van der Waals surface area (Å²) in [6.45, 7) is 1.34. The van der Waals surface area contributed by atoms with Gasteiger partial charge in [-0.3, -0.25) is 9.59 Å². The Labute approximate surface area is 134 Å². The highest BCUT2D eigenvalue weighted by atomic mass is 79.9. The minimum atomic E-state index is -3.88. The molecule has 116 valence electrons. The minimum Gasteiger partial charge on any atom is -0.480 e. The zero-order valence-corrected chi connectivity index (χ0v) is 14.2. The topological polar surface area (TPSA) is 95.0 Å². The summed E-state index contributed by atoms with van der Waals surface area (Å²) in [4.78, 5) is 24.1. The monoisotopic (exact) mass is 396 g/mol. The number of sulfonamides is 1. The molecule has 10 heteroatoms. The fraction of sp³-hybridized carbons (Fsp3) is 0.455. The number of carbonyl (C=O) groups is 2. The van der Waals surface area contributed by atoms with Crippen molar-refractivity contribution in [3.8, 4) is 0 Å². The number of thiophene rings is 1. The number of carboxylic acids is 1. The van der Waals surface area contributed by atoms with Gasteiger partial charge in [-0.25, -0.2) is 8.42 Å². The Hall–Kier alpha value is -0.970. The van der Waals surface area contributed by atoms with E-state index in [-0.39, 0.29) is 29.8 Å². The van der Waals surface area contributed by atoms with Crippen LogP contribution in [0.2, 0.25) is 0 Å². The first-order valence-electron chi connectivity index (χ1n) is 5.99. The molecule has 0 bridgehead atoms. The van der Waals surface area contributed by atoms with Crippen LogP contribution >= 0.6 is 27.3 Å². The van der Waals surface area contributed by atoms with E-state index in [0.717, 1.165) is 15.6 Å². The van der Waals surface area contributed by atoms with Crippen LogP contribution in [0.3, 0.4) is 0 Å². The van der Waals surface area contributed by atoms with E-state index < -0.39 is 22.0 Å². The van der Waals surface area contributed by atoms with Crippen molar-refractivity contribution in [3.63, 3.8) is 0 Å². The van der Waals surface area contributed by atoms with Gasteiger partial charge >= 0.3 is 5.97 Å². The van der Waals surface area contributed by atoms with Gasteiger partial charge in [-0.2, -0.15) is 4.31 Å². The number of carbonyl (C=O) groups excluding carboxylic acids is 1. The van der Waals surface area contributed by atoms with Gasteiger partial charge in [-0.15, -0.1) is 11.3 Å². The van der Waals surface area contributed by atoms with Gasteiger partial charge in [-0.05, 0) is 28.1 Å². The van der Waals surface area contributed by atoms with E-state index in [4.69, 9.17) is 0 Å². The second kappa shape index (κ2) is 6.03. The summed E-state index contributed by atoms with van der Waals surface area (Å²) in [6, 6.07) is 1.76. The Morgan fingerprint density at radius 1 is 1.38 bits per heavy atom. The normalized spacial score (nSPS) is 20.5. The van der Waals surface area contributed by atoms with Crippen molar-refractivity contribution in [2.75, 3.05) is 19.6 Å². The second-order valence-corrected chi connectivity index (χ2v) is 9.07. The Morgan fingerprint density at radius 2 is 2.05 bits per heavy atom. The highest BCUT2D eigenvalue weighted by Gasteiger charge is 2.41. The van der Waals surface area contributed by atoms with Crippen molar-refractivity contribution in [1.29, 1.82) is 0 Å². The highest BCUT2D eigenvalue weighted by Crippen LogP contribution is 2.30. The molecule has 1 aliphatic heterocycles. The van der Waals surface area contributed by atoms with E-state index in [0.29, 0.717) is 3.79 Å². The van der Waals surface area contributed by atoms with Gasteiger partial charge in [0, 0.05) is 26.6 Å². The van der Waals surface area contributed by atoms with Gasteiger partial charge in [0.25, 0.3) is 10.0 Å². The molecular formula is C11H13BrN2O5S2. The van der Waals surface area contributed by atoms with Gasteiger partial charge in [0.05, 0.1) is 3.79 Å². The molecule has 1 unspecified atom stereocenters. The fourth-order valence-electron chi connectivity index (χ4n) is 2.09. The molecule has 1 fully saturated rings. The third-order valence-electron chi connectivity index (χ3n) is 3.17. The smallest absolute Gasteiger partial charge is 0.323 e. The lowest BCUT2D eigenvalue weighted by atomic mass is 10.2. The number of halogens is 1. The summed E-state index contributed by atoms with van der Waals surface area (Å²) >= 11 is 4.21. The van der Waals surface area contributed by atoms with Crippen LogP contribution in [0.25, 0.3) is 0 Å². The summed E-state index contributed by atoms with van der Waals surface area (Å²) in [5.74, 6) is -1.53. The first-order chi connectivity index (χ1) is 9.73. The molecule has 0 radical (unpaired) electrons. The van der Waals surface area contributed by atoms with Crippen LogP contribution in [0.4, 0.5) is 0 Å². The molecule has 0 saturated carbocycles. The number of amides is 1. The molecule has 1 N–H and O–H groups in total. The predicted molar refractivity (Wildman–Crippen MR) is 79.6 cm³/mol. The summed E-state index contributed by atoms with van der Waals surface area (Å²) in [7, 11) is -3.88. The lowest BCUT2D eigenvalue weighted by Crippen LogP contribution is -2.58. The van der Waals surface area contributed by atoms with Gasteiger partial charge in [0.15, 0.2) is 0 Å². The third kappa shape index (κ3) is 3.28. The largest absolute Gasteiger partial charge is 0.480 e. The molecule has 21 heavy (non-hydrogen) atoms. The quantitative estimate of drug-likeness (QED) is 0.815. The van der Waals surface area contributed by atoms with E-state index >= 15 is 0 Å². The first-order valence-corrected chi connectivity index (χ1v) is 9.04. The standard InChI is InChI=1S/C11H13BrN2O5S2/c1-7(15)13-4-5-14(8(6-13)11(16)17)21(18,19)10-3-2-9(12)20-10/h2-3,8H,4-6H2,1H3,(H,16,17). The van der Waals surface area contributed by atoms with E-state index in [1.807, 2.05) is 0 Å². The van der Waals surface area contributed by atoms with Crippen LogP contribution in [0.15, 0.2) is 20.1 Å². The zero-order chi connectivity index (χ0) is 15.8. The molecule has 0 aliphatic carbocycles. The molecule has 1 aliphatic rings. The summed E-state index contributed by atoms with van der Waals surface area (Å²) < 4.78 is 26.8. The molecule has 7 nitrogen and oxygen atoms in total. The number of aliphatic carboxylic acids is 1. The molecule has 1 saturated heterocycles. The van der Waals surface area contributed by atoms with E-state index in [2.05, 4.69) is 15.9 Å². The summed E-state index contributed by atoms with van der Waals surface area (Å²) in [6.07, 6.45) is 0. The number of carboxylic acid groups (broad SMARTS) is 1. The zero-order valence-electron chi connectivity index (χ0n) is 11.0. The predicted octanol–water partition coefficient (Wildman–Crippen LogP) is 0.817. The third-order valence-corrected chi connectivity index (χ3v) is 7.17. The Morgan fingerprint density at radius 3 is 2.52 bits per heavy atom. The van der Waals surface area contributed by atoms with Crippen LogP contribution in [0, 0.1) is 0 Å². The maximum Gasteiger partial charge on any atom is 0.323 e. The maximum absolute atomic E-state index is 12.5. The molecule has 1 aromatic heterocycles. The van der Waals surface area contributed by atoms with Crippen molar-refractivity contribution in [3.05, 3.63) is 15.9 Å². The van der Waals surface area contributed by atoms with Crippen molar-refractivity contribution in [2.24, 2.45) is 0 Å². The number of hydrogen-bond donors (Lipinski definition) is 1. The minimum absolute atomic E-state index is 0.0333. The molecule has 2 heterocycles. The van der Waals surface area contributed by atoms with Gasteiger partial charge in [-0.1, -0.05) is 0 Å². The van der Waals surface area contributed by atoms with Crippen molar-refractivity contribution >= 4 is 49.2 Å². The van der Waals surface area contributed by atoms with Crippen LogP contribution in [0.5, 0.6) is 0 Å². The second-order valence-electron chi connectivity index (χ2n) is 4.49. The molecular weight excluding hydrogens is 384 g/mol. The molecule has 0 spiro atoms. The number of nitrogens with zero attached hydrogens (tertiary/aromatic N) is 2. The Balaban J connectivity index is 2.33. The molecule has 1 amide bonds. The van der Waals surface area contributed by atoms with Crippen molar-refractivity contribution in [2.45, 2.75) is 17.2 Å². The number of hydrogen-bond acceptors (Lipinski definition) is 5. The highest BCUT2D eigenvalue weighted by molar-refractivity contribution is 9.11. The van der Waals surface area contributed by atoms with Gasteiger partial charge < -0.3 is 10.0 Å².